The molecule has 2 aromatic heterocycles. The molecule has 5 nitrogen and oxygen atoms in total. The van der Waals surface area contributed by atoms with Crippen LogP contribution in [-0.4, -0.2) is 25.3 Å². The molecule has 2 heterocycles. The van der Waals surface area contributed by atoms with Crippen molar-refractivity contribution in [1.82, 2.24) is 19.6 Å². The van der Waals surface area contributed by atoms with E-state index in [-0.39, 0.29) is 5.78 Å². The largest absolute Gasteiger partial charge is 0.294 e. The number of carbonyl (C=O) groups is 1. The third-order valence-electron chi connectivity index (χ3n) is 2.91. The van der Waals surface area contributed by atoms with E-state index in [2.05, 4.69) is 10.2 Å². The van der Waals surface area contributed by atoms with Crippen molar-refractivity contribution in [1.29, 1.82) is 0 Å². The minimum atomic E-state index is 0.0982. The van der Waals surface area contributed by atoms with Gasteiger partial charge in [-0.25, -0.2) is 0 Å². The van der Waals surface area contributed by atoms with Gasteiger partial charge in [-0.1, -0.05) is 0 Å². The van der Waals surface area contributed by atoms with Gasteiger partial charge >= 0.3 is 0 Å². The normalized spacial score (nSPS) is 10.8. The van der Waals surface area contributed by atoms with Crippen molar-refractivity contribution in [2.75, 3.05) is 0 Å². The molecule has 0 saturated heterocycles. The Morgan fingerprint density at radius 1 is 1.35 bits per heavy atom. The second-order valence-corrected chi connectivity index (χ2v) is 4.29. The van der Waals surface area contributed by atoms with Crippen LogP contribution in [0.25, 0.3) is 0 Å². The van der Waals surface area contributed by atoms with Crippen molar-refractivity contribution in [3.05, 3.63) is 34.9 Å². The highest BCUT2D eigenvalue weighted by atomic mass is 16.1. The third kappa shape index (κ3) is 2.13. The van der Waals surface area contributed by atoms with Crippen molar-refractivity contribution in [2.45, 2.75) is 20.3 Å². The second-order valence-electron chi connectivity index (χ2n) is 4.29. The Hall–Kier alpha value is -1.91. The van der Waals surface area contributed by atoms with Gasteiger partial charge in [-0.05, 0) is 19.4 Å². The minimum absolute atomic E-state index is 0.0982. The molecule has 0 aromatic carbocycles. The van der Waals surface area contributed by atoms with E-state index in [4.69, 9.17) is 0 Å². The maximum absolute atomic E-state index is 12.2. The molecule has 0 aliphatic heterocycles. The van der Waals surface area contributed by atoms with Gasteiger partial charge in [0.15, 0.2) is 5.78 Å². The highest BCUT2D eigenvalue weighted by Gasteiger charge is 2.17. The van der Waals surface area contributed by atoms with Gasteiger partial charge in [0.05, 0.1) is 17.5 Å². The van der Waals surface area contributed by atoms with Gasteiger partial charge in [0.1, 0.15) is 0 Å². The van der Waals surface area contributed by atoms with Crippen LogP contribution in [0.3, 0.4) is 0 Å². The van der Waals surface area contributed by atoms with Gasteiger partial charge < -0.3 is 0 Å². The summed E-state index contributed by atoms with van der Waals surface area (Å²) in [6.45, 7) is 3.78. The Morgan fingerprint density at radius 3 is 2.53 bits per heavy atom. The Bertz CT molecular complexity index is 565. The maximum Gasteiger partial charge on any atom is 0.171 e. The lowest BCUT2D eigenvalue weighted by molar-refractivity contribution is 0.0991. The first kappa shape index (κ1) is 11.6. The van der Waals surface area contributed by atoms with E-state index in [9.17, 15) is 4.79 Å². The first-order valence-electron chi connectivity index (χ1n) is 5.50. The predicted molar refractivity (Wildman–Crippen MR) is 63.9 cm³/mol. The minimum Gasteiger partial charge on any atom is -0.294 e. The molecule has 17 heavy (non-hydrogen) atoms. The van der Waals surface area contributed by atoms with Crippen molar-refractivity contribution in [2.24, 2.45) is 14.1 Å². The van der Waals surface area contributed by atoms with Crippen LogP contribution in [0, 0.1) is 13.8 Å². The Balaban J connectivity index is 2.26. The highest BCUT2D eigenvalue weighted by Crippen LogP contribution is 2.15. The van der Waals surface area contributed by atoms with Crippen LogP contribution in [0.2, 0.25) is 0 Å². The summed E-state index contributed by atoms with van der Waals surface area (Å²) in [5, 5.41) is 8.31. The number of Topliss-reactive ketones (excluding diaryl/α,β-unsaturated/α-hetero) is 1. The molecular formula is C12H16N4O. The van der Waals surface area contributed by atoms with Crippen molar-refractivity contribution in [3.8, 4) is 0 Å². The maximum atomic E-state index is 12.2. The molecule has 2 rings (SSSR count). The number of ketones is 1. The number of nitrogens with zero attached hydrogens (tertiary/aromatic N) is 4. The number of aromatic nitrogens is 4. The first-order chi connectivity index (χ1) is 7.99. The van der Waals surface area contributed by atoms with Gasteiger partial charge in [-0.15, -0.1) is 0 Å². The highest BCUT2D eigenvalue weighted by molar-refractivity contribution is 5.99. The summed E-state index contributed by atoms with van der Waals surface area (Å²) in [7, 11) is 3.69. The fourth-order valence-corrected chi connectivity index (χ4v) is 2.01. The summed E-state index contributed by atoms with van der Waals surface area (Å²) in [6.07, 6.45) is 3.96. The number of hydrogen-bond donors (Lipinski definition) is 0. The lowest BCUT2D eigenvalue weighted by atomic mass is 10.0. The van der Waals surface area contributed by atoms with Crippen molar-refractivity contribution < 1.29 is 4.79 Å². The molecule has 0 unspecified atom stereocenters. The van der Waals surface area contributed by atoms with Crippen LogP contribution in [0.15, 0.2) is 12.4 Å². The Kier molecular flexibility index (Phi) is 2.83. The van der Waals surface area contributed by atoms with E-state index in [1.807, 2.05) is 34.1 Å². The monoisotopic (exact) mass is 232 g/mol. The van der Waals surface area contributed by atoms with Crippen LogP contribution in [-0.2, 0) is 20.5 Å². The predicted octanol–water partition coefficient (Wildman–Crippen LogP) is 1.20. The lowest BCUT2D eigenvalue weighted by Crippen LogP contribution is -2.06. The van der Waals surface area contributed by atoms with Crippen LogP contribution in [0.5, 0.6) is 0 Å². The molecule has 90 valence electrons. The fourth-order valence-electron chi connectivity index (χ4n) is 2.01. The van der Waals surface area contributed by atoms with E-state index in [1.54, 1.807) is 15.6 Å². The molecule has 0 aliphatic carbocycles. The first-order valence-corrected chi connectivity index (χ1v) is 5.50. The second kappa shape index (κ2) is 4.16. The van der Waals surface area contributed by atoms with E-state index in [0.717, 1.165) is 22.5 Å². The zero-order valence-electron chi connectivity index (χ0n) is 10.6. The van der Waals surface area contributed by atoms with Crippen molar-refractivity contribution in [3.63, 3.8) is 0 Å². The number of aryl methyl sites for hydroxylation is 3. The zero-order valence-corrected chi connectivity index (χ0v) is 10.6. The zero-order chi connectivity index (χ0) is 12.6. The van der Waals surface area contributed by atoms with E-state index in [0.29, 0.717) is 6.42 Å². The molecule has 0 fully saturated rings. The Morgan fingerprint density at radius 2 is 2.06 bits per heavy atom. The molecule has 0 amide bonds. The van der Waals surface area contributed by atoms with Gasteiger partial charge in [0, 0.05) is 32.4 Å². The quantitative estimate of drug-likeness (QED) is 0.747. The molecule has 2 aromatic rings. The molecule has 0 N–H and O–H groups in total. The fraction of sp³-hybridized carbons (Fsp3) is 0.417. The molecular weight excluding hydrogens is 216 g/mol. The molecule has 0 aliphatic rings. The number of rotatable bonds is 3. The summed E-state index contributed by atoms with van der Waals surface area (Å²) >= 11 is 0. The Labute approximate surface area is 100 Å². The van der Waals surface area contributed by atoms with Gasteiger partial charge in [0.2, 0.25) is 0 Å². The lowest BCUT2D eigenvalue weighted by Gasteiger charge is -1.99. The molecule has 0 bridgehead atoms. The van der Waals surface area contributed by atoms with E-state index in [1.165, 1.54) is 0 Å². The summed E-state index contributed by atoms with van der Waals surface area (Å²) in [5.74, 6) is 0.0982. The standard InChI is InChI=1S/C12H16N4O/c1-8-12(9(2)16(4)14-8)11(17)5-10-6-13-15(3)7-10/h6-7H,5H2,1-4H3. The molecule has 0 spiro atoms. The van der Waals surface area contributed by atoms with E-state index >= 15 is 0 Å². The van der Waals surface area contributed by atoms with Crippen LogP contribution < -0.4 is 0 Å². The average molecular weight is 232 g/mol. The van der Waals surface area contributed by atoms with Gasteiger partial charge in [-0.2, -0.15) is 10.2 Å². The van der Waals surface area contributed by atoms with Crippen LogP contribution in [0.1, 0.15) is 27.3 Å². The molecule has 0 radical (unpaired) electrons. The SMILES string of the molecule is Cc1nn(C)c(C)c1C(=O)Cc1cnn(C)c1. The summed E-state index contributed by atoms with van der Waals surface area (Å²) in [6, 6.07) is 0. The van der Waals surface area contributed by atoms with Crippen LogP contribution >= 0.6 is 0 Å². The molecule has 5 heteroatoms. The number of carbonyl (C=O) groups excluding carboxylic acids is 1. The van der Waals surface area contributed by atoms with Gasteiger partial charge in [-0.3, -0.25) is 14.2 Å². The third-order valence-corrected chi connectivity index (χ3v) is 2.91. The summed E-state index contributed by atoms with van der Waals surface area (Å²) < 4.78 is 3.44. The molecule has 0 atom stereocenters. The van der Waals surface area contributed by atoms with Crippen LogP contribution in [0.4, 0.5) is 0 Å². The number of hydrogen-bond acceptors (Lipinski definition) is 3. The smallest absolute Gasteiger partial charge is 0.171 e. The van der Waals surface area contributed by atoms with Crippen molar-refractivity contribution >= 4 is 5.78 Å². The summed E-state index contributed by atoms with van der Waals surface area (Å²) in [5.41, 5.74) is 3.37. The molecule has 0 saturated carbocycles. The topological polar surface area (TPSA) is 52.7 Å². The summed E-state index contributed by atoms with van der Waals surface area (Å²) in [4.78, 5) is 12.2. The average Bonchev–Trinajstić information content (AvgIpc) is 2.73. The van der Waals surface area contributed by atoms with Gasteiger partial charge in [0.25, 0.3) is 0 Å². The van der Waals surface area contributed by atoms with E-state index < -0.39 is 0 Å².